The highest BCUT2D eigenvalue weighted by molar-refractivity contribution is 5.91. The van der Waals surface area contributed by atoms with Crippen molar-refractivity contribution < 1.29 is 23.5 Å². The van der Waals surface area contributed by atoms with Crippen molar-refractivity contribution >= 4 is 27.8 Å². The Morgan fingerprint density at radius 1 is 0.614 bits per heavy atom. The lowest BCUT2D eigenvalue weighted by Crippen LogP contribution is -2.40. The third-order valence-electron chi connectivity index (χ3n) is 8.14. The van der Waals surface area contributed by atoms with Crippen LogP contribution in [-0.4, -0.2) is 21.3 Å². The molecule has 6 nitrogen and oxygen atoms in total. The minimum Gasteiger partial charge on any atom is -0.493 e. The number of aryl methyl sites for hydroxylation is 2. The van der Waals surface area contributed by atoms with E-state index in [0.717, 1.165) is 69.3 Å². The van der Waals surface area contributed by atoms with Crippen LogP contribution in [0, 0.1) is 0 Å². The molecule has 6 aromatic rings. The quantitative estimate of drug-likeness (QED) is 0.168. The Balaban J connectivity index is 1.21. The number of nitrogens with zero attached hydrogens (tertiary/aromatic N) is 2. The molecule has 1 aliphatic heterocycles. The van der Waals surface area contributed by atoms with Gasteiger partial charge in [-0.1, -0.05) is 36.4 Å². The molecule has 1 aromatic heterocycles. The van der Waals surface area contributed by atoms with Crippen LogP contribution in [0.15, 0.2) is 121 Å². The number of benzene rings is 5. The molecule has 2 heterocycles. The van der Waals surface area contributed by atoms with E-state index in [4.69, 9.17) is 18.9 Å². The van der Waals surface area contributed by atoms with E-state index in [0.29, 0.717) is 11.5 Å². The first-order chi connectivity index (χ1) is 21.7. The molecular weight excluding hydrogens is 548 g/mol. The highest BCUT2D eigenvalue weighted by atomic mass is 16.5. The fraction of sp³-hybridized carbons (Fsp3) is 0.132. The predicted molar refractivity (Wildman–Crippen MR) is 174 cm³/mol. The maximum absolute atomic E-state index is 6.45. The molecular formula is C38H33N2O4+. The summed E-state index contributed by atoms with van der Waals surface area (Å²) in [6.45, 7) is 0.841. The number of pyridine rings is 1. The van der Waals surface area contributed by atoms with Gasteiger partial charge in [0.15, 0.2) is 35.7 Å². The topological polar surface area (TPSA) is 44.0 Å². The van der Waals surface area contributed by atoms with Crippen LogP contribution in [0.5, 0.6) is 28.7 Å². The van der Waals surface area contributed by atoms with Gasteiger partial charge < -0.3 is 23.8 Å². The predicted octanol–water partition coefficient (Wildman–Crippen LogP) is 8.64. The van der Waals surface area contributed by atoms with Gasteiger partial charge in [0, 0.05) is 29.5 Å². The summed E-state index contributed by atoms with van der Waals surface area (Å²) in [7, 11) is 5.03. The van der Waals surface area contributed by atoms with Gasteiger partial charge in [0.05, 0.1) is 32.3 Å². The molecule has 0 N–H and O–H groups in total. The number of methoxy groups -OCH3 is 3. The maximum atomic E-state index is 6.45. The number of hydrogen-bond donors (Lipinski definition) is 0. The zero-order valence-corrected chi connectivity index (χ0v) is 25.0. The van der Waals surface area contributed by atoms with Crippen LogP contribution < -0.4 is 28.4 Å². The Bertz CT molecular complexity index is 1900. The molecule has 0 spiro atoms. The van der Waals surface area contributed by atoms with Gasteiger partial charge in [-0.3, -0.25) is 0 Å². The minimum absolute atomic E-state index is 0.684. The van der Waals surface area contributed by atoms with E-state index in [1.807, 2.05) is 30.3 Å². The van der Waals surface area contributed by atoms with Gasteiger partial charge in [-0.05, 0) is 83.7 Å². The first kappa shape index (κ1) is 27.3. The second-order valence-corrected chi connectivity index (χ2v) is 10.7. The summed E-state index contributed by atoms with van der Waals surface area (Å²) in [4.78, 5) is 2.23. The van der Waals surface area contributed by atoms with Crippen molar-refractivity contribution in [2.45, 2.75) is 13.0 Å². The average Bonchev–Trinajstić information content (AvgIpc) is 3.08. The molecule has 0 saturated carbocycles. The van der Waals surface area contributed by atoms with Gasteiger partial charge in [0.2, 0.25) is 5.69 Å². The lowest BCUT2D eigenvalue weighted by molar-refractivity contribution is -0.686. The molecule has 0 radical (unpaired) electrons. The van der Waals surface area contributed by atoms with E-state index >= 15 is 0 Å². The van der Waals surface area contributed by atoms with E-state index < -0.39 is 0 Å². The number of hydrogen-bond acceptors (Lipinski definition) is 5. The summed E-state index contributed by atoms with van der Waals surface area (Å²) < 4.78 is 25.8. The van der Waals surface area contributed by atoms with Gasteiger partial charge in [-0.25, -0.2) is 0 Å². The fourth-order valence-electron chi connectivity index (χ4n) is 6.02. The first-order valence-electron chi connectivity index (χ1n) is 14.6. The van der Waals surface area contributed by atoms with Gasteiger partial charge in [-0.15, -0.1) is 0 Å². The zero-order valence-electron chi connectivity index (χ0n) is 25.0. The minimum atomic E-state index is 0.684. The normalized spacial score (nSPS) is 11.8. The SMILES string of the molecule is COc1cc2c(cc1Oc1ccc(N(c3ccccc3)c3ccccc3)cc1)CC[n+]1cc3c(OC)c(OC)ccc3cc1-2. The molecule has 0 saturated heterocycles. The number of fused-ring (bicyclic) bond motifs is 4. The molecule has 1 aliphatic rings. The van der Waals surface area contributed by atoms with Crippen molar-refractivity contribution in [2.24, 2.45) is 0 Å². The number of ether oxygens (including phenoxy) is 4. The average molecular weight is 582 g/mol. The largest absolute Gasteiger partial charge is 0.493 e. The van der Waals surface area contributed by atoms with E-state index in [2.05, 4.69) is 101 Å². The molecule has 0 fully saturated rings. The summed E-state index contributed by atoms with van der Waals surface area (Å²) in [5.41, 5.74) is 6.70. The van der Waals surface area contributed by atoms with E-state index in [-0.39, 0.29) is 0 Å². The first-order valence-corrected chi connectivity index (χ1v) is 14.6. The van der Waals surface area contributed by atoms with Crippen LogP contribution in [0.3, 0.4) is 0 Å². The summed E-state index contributed by atoms with van der Waals surface area (Å²) in [6.07, 6.45) is 3.02. The van der Waals surface area contributed by atoms with Crippen LogP contribution in [0.2, 0.25) is 0 Å². The van der Waals surface area contributed by atoms with E-state index in [1.165, 1.54) is 5.56 Å². The number of aromatic nitrogens is 1. The second-order valence-electron chi connectivity index (χ2n) is 10.7. The molecule has 5 aromatic carbocycles. The van der Waals surface area contributed by atoms with Crippen molar-refractivity contribution in [1.82, 2.24) is 0 Å². The maximum Gasteiger partial charge on any atom is 0.213 e. The Kier molecular flexibility index (Phi) is 7.24. The van der Waals surface area contributed by atoms with Gasteiger partial charge in [-0.2, -0.15) is 4.57 Å². The molecule has 0 aliphatic carbocycles. The third-order valence-corrected chi connectivity index (χ3v) is 8.14. The Labute approximate surface area is 257 Å². The monoisotopic (exact) mass is 581 g/mol. The third kappa shape index (κ3) is 4.94. The number of para-hydroxylation sites is 2. The highest BCUT2D eigenvalue weighted by Crippen LogP contribution is 2.42. The van der Waals surface area contributed by atoms with E-state index in [9.17, 15) is 0 Å². The summed E-state index contributed by atoms with van der Waals surface area (Å²) in [5, 5.41) is 2.11. The smallest absolute Gasteiger partial charge is 0.213 e. The summed E-state index contributed by atoms with van der Waals surface area (Å²) in [6, 6.07) is 39.3. The highest BCUT2D eigenvalue weighted by Gasteiger charge is 2.27. The van der Waals surface area contributed by atoms with Crippen molar-refractivity contribution in [3.63, 3.8) is 0 Å². The summed E-state index contributed by atoms with van der Waals surface area (Å²) in [5.74, 6) is 3.59. The molecule has 0 amide bonds. The van der Waals surface area contributed by atoms with Gasteiger partial charge in [0.1, 0.15) is 5.75 Å². The molecule has 0 bridgehead atoms. The lowest BCUT2D eigenvalue weighted by Gasteiger charge is -2.25. The number of rotatable bonds is 8. The van der Waals surface area contributed by atoms with Crippen molar-refractivity contribution in [3.8, 4) is 40.0 Å². The van der Waals surface area contributed by atoms with Gasteiger partial charge >= 0.3 is 0 Å². The molecule has 0 unspecified atom stereocenters. The standard InChI is InChI=1S/C38H33N2O4/c1-41-35-19-14-26-22-34-32-24-36(42-2)37(23-27(32)20-21-39(34)25-33(26)38(35)43-3)44-31-17-15-30(16-18-31)40(28-10-6-4-7-11-28)29-12-8-5-9-13-29/h4-19,22-25H,20-21H2,1-3H3/q+1. The molecule has 6 heteroatoms. The van der Waals surface area contributed by atoms with Crippen LogP contribution in [0.25, 0.3) is 22.0 Å². The van der Waals surface area contributed by atoms with Crippen molar-refractivity contribution in [2.75, 3.05) is 26.2 Å². The van der Waals surface area contributed by atoms with Gasteiger partial charge in [0.25, 0.3) is 0 Å². The van der Waals surface area contributed by atoms with Crippen molar-refractivity contribution in [1.29, 1.82) is 0 Å². The van der Waals surface area contributed by atoms with E-state index in [1.54, 1.807) is 21.3 Å². The Hall–Kier alpha value is -5.49. The Morgan fingerprint density at radius 3 is 1.91 bits per heavy atom. The molecule has 0 atom stereocenters. The van der Waals surface area contributed by atoms with Crippen LogP contribution >= 0.6 is 0 Å². The molecule has 7 rings (SSSR count). The summed E-state index contributed by atoms with van der Waals surface area (Å²) >= 11 is 0. The molecule has 218 valence electrons. The second kappa shape index (κ2) is 11.7. The van der Waals surface area contributed by atoms with Crippen molar-refractivity contribution in [3.05, 3.63) is 127 Å². The lowest BCUT2D eigenvalue weighted by atomic mass is 9.95. The van der Waals surface area contributed by atoms with Crippen LogP contribution in [0.1, 0.15) is 5.56 Å². The fourth-order valence-corrected chi connectivity index (χ4v) is 6.02. The molecule has 44 heavy (non-hydrogen) atoms. The zero-order chi connectivity index (χ0) is 30.0. The van der Waals surface area contributed by atoms with Crippen LogP contribution in [-0.2, 0) is 13.0 Å². The van der Waals surface area contributed by atoms with Crippen LogP contribution in [0.4, 0.5) is 17.1 Å². The number of anilines is 3. The Morgan fingerprint density at radius 2 is 1.27 bits per heavy atom.